The van der Waals surface area contributed by atoms with Crippen molar-refractivity contribution >= 4 is 0 Å². The van der Waals surface area contributed by atoms with Gasteiger partial charge in [0.2, 0.25) is 11.8 Å². The van der Waals surface area contributed by atoms with Gasteiger partial charge in [0.25, 0.3) is 0 Å². The molecule has 0 radical (unpaired) electrons. The number of hydrogen-bond acceptors (Lipinski definition) is 4. The Kier molecular flexibility index (Phi) is 4.13. The fourth-order valence-electron chi connectivity index (χ4n) is 2.30. The highest BCUT2D eigenvalue weighted by atomic mass is 19.4. The Bertz CT molecular complexity index is 823. The summed E-state index contributed by atoms with van der Waals surface area (Å²) < 4.78 is 45.1. The summed E-state index contributed by atoms with van der Waals surface area (Å²) in [6.45, 7) is 3.60. The van der Waals surface area contributed by atoms with E-state index in [1.807, 2.05) is 30.3 Å². The molecule has 5 nitrogen and oxygen atoms in total. The third-order valence-electron chi connectivity index (χ3n) is 3.60. The van der Waals surface area contributed by atoms with Crippen molar-refractivity contribution in [3.05, 3.63) is 53.7 Å². The lowest BCUT2D eigenvalue weighted by atomic mass is 10.2. The van der Waals surface area contributed by atoms with Crippen LogP contribution < -0.4 is 0 Å². The third-order valence-corrected chi connectivity index (χ3v) is 3.60. The molecule has 0 fully saturated rings. The number of aryl methyl sites for hydroxylation is 1. The molecule has 0 aliphatic rings. The summed E-state index contributed by atoms with van der Waals surface area (Å²) in [6.07, 6.45) is -4.45. The number of aromatic nitrogens is 4. The summed E-state index contributed by atoms with van der Waals surface area (Å²) in [7, 11) is 0. The summed E-state index contributed by atoms with van der Waals surface area (Å²) in [5.41, 5.74) is 0.317. The van der Waals surface area contributed by atoms with Crippen molar-refractivity contribution in [3.63, 3.8) is 0 Å². The average Bonchev–Trinajstić information content (AvgIpc) is 3.15. The Hall–Kier alpha value is -2.64. The number of alkyl halides is 3. The second kappa shape index (κ2) is 6.10. The van der Waals surface area contributed by atoms with Crippen molar-refractivity contribution in [2.24, 2.45) is 0 Å². The Balaban J connectivity index is 1.78. The number of nitrogens with zero attached hydrogens (tertiary/aromatic N) is 4. The Labute approximate surface area is 136 Å². The first kappa shape index (κ1) is 16.2. The van der Waals surface area contributed by atoms with E-state index in [9.17, 15) is 13.2 Å². The first-order valence-electron chi connectivity index (χ1n) is 7.35. The predicted molar refractivity (Wildman–Crippen MR) is 80.1 cm³/mol. The molecular formula is C16H15F3N4O. The molecular weight excluding hydrogens is 321 g/mol. The van der Waals surface area contributed by atoms with E-state index in [1.165, 1.54) is 4.68 Å². The molecule has 0 aliphatic carbocycles. The zero-order valence-electron chi connectivity index (χ0n) is 13.1. The lowest BCUT2D eigenvalue weighted by Crippen LogP contribution is -2.12. The van der Waals surface area contributed by atoms with E-state index in [2.05, 4.69) is 15.3 Å². The third kappa shape index (κ3) is 3.32. The van der Waals surface area contributed by atoms with Crippen LogP contribution >= 0.6 is 0 Å². The van der Waals surface area contributed by atoms with Crippen LogP contribution in [0.5, 0.6) is 0 Å². The Morgan fingerprint density at radius 3 is 2.50 bits per heavy atom. The highest BCUT2D eigenvalue weighted by Crippen LogP contribution is 2.29. The summed E-state index contributed by atoms with van der Waals surface area (Å²) in [5.74, 6) is 0.470. The van der Waals surface area contributed by atoms with E-state index >= 15 is 0 Å². The lowest BCUT2D eigenvalue weighted by molar-refractivity contribution is -0.141. The summed E-state index contributed by atoms with van der Waals surface area (Å²) in [5, 5.41) is 11.6. The lowest BCUT2D eigenvalue weighted by Gasteiger charge is -2.09. The highest BCUT2D eigenvalue weighted by Gasteiger charge is 2.34. The molecule has 1 aromatic carbocycles. The van der Waals surface area contributed by atoms with Crippen molar-refractivity contribution in [3.8, 4) is 11.5 Å². The topological polar surface area (TPSA) is 56.7 Å². The standard InChI is InChI=1S/C16H15F3N4O/c1-10(9-23-11(2)8-13(22-23)16(17,18)19)14-20-21-15(24-14)12-6-4-3-5-7-12/h3-8,10H,9H2,1-2H3. The largest absolute Gasteiger partial charge is 0.435 e. The highest BCUT2D eigenvalue weighted by molar-refractivity contribution is 5.51. The molecule has 3 rings (SSSR count). The van der Waals surface area contributed by atoms with Crippen LogP contribution in [-0.2, 0) is 12.7 Å². The van der Waals surface area contributed by atoms with Gasteiger partial charge in [-0.1, -0.05) is 25.1 Å². The minimum Gasteiger partial charge on any atom is -0.420 e. The maximum atomic E-state index is 12.7. The van der Waals surface area contributed by atoms with Gasteiger partial charge in [0.05, 0.1) is 12.5 Å². The number of rotatable bonds is 4. The van der Waals surface area contributed by atoms with Crippen LogP contribution in [0.4, 0.5) is 13.2 Å². The van der Waals surface area contributed by atoms with Gasteiger partial charge < -0.3 is 4.42 Å². The Morgan fingerprint density at radius 2 is 1.88 bits per heavy atom. The van der Waals surface area contributed by atoms with Crippen molar-refractivity contribution in [1.29, 1.82) is 0 Å². The molecule has 1 unspecified atom stereocenters. The molecule has 1 atom stereocenters. The monoisotopic (exact) mass is 336 g/mol. The second-order valence-electron chi connectivity index (χ2n) is 5.56. The number of hydrogen-bond donors (Lipinski definition) is 0. The Morgan fingerprint density at radius 1 is 1.17 bits per heavy atom. The fourth-order valence-corrected chi connectivity index (χ4v) is 2.30. The minimum absolute atomic E-state index is 0.221. The van der Waals surface area contributed by atoms with Gasteiger partial charge in [-0.25, -0.2) is 0 Å². The first-order valence-corrected chi connectivity index (χ1v) is 7.35. The predicted octanol–water partition coefficient (Wildman–Crippen LogP) is 4.06. The van der Waals surface area contributed by atoms with E-state index < -0.39 is 11.9 Å². The van der Waals surface area contributed by atoms with E-state index in [0.717, 1.165) is 11.6 Å². The smallest absolute Gasteiger partial charge is 0.420 e. The minimum atomic E-state index is -4.45. The molecule has 0 saturated heterocycles. The molecule has 2 heterocycles. The molecule has 2 aromatic heterocycles. The van der Waals surface area contributed by atoms with Crippen LogP contribution in [0.3, 0.4) is 0 Å². The van der Waals surface area contributed by atoms with Crippen molar-refractivity contribution in [2.45, 2.75) is 32.5 Å². The molecule has 0 bridgehead atoms. The van der Waals surface area contributed by atoms with E-state index in [-0.39, 0.29) is 12.5 Å². The molecule has 126 valence electrons. The SMILES string of the molecule is Cc1cc(C(F)(F)F)nn1CC(C)c1nnc(-c2ccccc2)o1. The molecule has 0 N–H and O–H groups in total. The number of benzene rings is 1. The first-order chi connectivity index (χ1) is 11.3. The van der Waals surface area contributed by atoms with Crippen molar-refractivity contribution in [2.75, 3.05) is 0 Å². The zero-order chi connectivity index (χ0) is 17.3. The maximum Gasteiger partial charge on any atom is 0.435 e. The van der Waals surface area contributed by atoms with Gasteiger partial charge in [-0.05, 0) is 25.1 Å². The van der Waals surface area contributed by atoms with E-state index in [0.29, 0.717) is 17.5 Å². The van der Waals surface area contributed by atoms with Crippen LogP contribution in [0.25, 0.3) is 11.5 Å². The molecule has 3 aromatic rings. The normalized spacial score (nSPS) is 13.2. The van der Waals surface area contributed by atoms with Gasteiger partial charge in [0.15, 0.2) is 5.69 Å². The van der Waals surface area contributed by atoms with E-state index in [1.54, 1.807) is 13.8 Å². The summed E-state index contributed by atoms with van der Waals surface area (Å²) in [4.78, 5) is 0. The summed E-state index contributed by atoms with van der Waals surface area (Å²) in [6, 6.07) is 10.3. The molecule has 0 spiro atoms. The molecule has 0 aliphatic heterocycles. The van der Waals surface area contributed by atoms with Gasteiger partial charge in [-0.2, -0.15) is 18.3 Å². The van der Waals surface area contributed by atoms with Gasteiger partial charge in [0, 0.05) is 11.3 Å². The van der Waals surface area contributed by atoms with Crippen molar-refractivity contribution < 1.29 is 17.6 Å². The number of halogens is 3. The van der Waals surface area contributed by atoms with E-state index in [4.69, 9.17) is 4.42 Å². The maximum absolute atomic E-state index is 12.7. The fraction of sp³-hybridized carbons (Fsp3) is 0.312. The summed E-state index contributed by atoms with van der Waals surface area (Å²) >= 11 is 0. The second-order valence-corrected chi connectivity index (χ2v) is 5.56. The molecule has 24 heavy (non-hydrogen) atoms. The quantitative estimate of drug-likeness (QED) is 0.721. The van der Waals surface area contributed by atoms with Gasteiger partial charge in [0.1, 0.15) is 0 Å². The zero-order valence-corrected chi connectivity index (χ0v) is 13.1. The molecule has 0 saturated carbocycles. The van der Waals surface area contributed by atoms with Crippen LogP contribution in [0.1, 0.15) is 30.1 Å². The average molecular weight is 336 g/mol. The van der Waals surface area contributed by atoms with Crippen LogP contribution in [0, 0.1) is 6.92 Å². The van der Waals surface area contributed by atoms with Gasteiger partial charge in [-0.15, -0.1) is 10.2 Å². The molecule has 0 amide bonds. The van der Waals surface area contributed by atoms with Gasteiger partial charge in [-0.3, -0.25) is 4.68 Å². The van der Waals surface area contributed by atoms with Crippen LogP contribution in [0.15, 0.2) is 40.8 Å². The van der Waals surface area contributed by atoms with Crippen LogP contribution in [0.2, 0.25) is 0 Å². The molecule has 8 heteroatoms. The van der Waals surface area contributed by atoms with Crippen molar-refractivity contribution in [1.82, 2.24) is 20.0 Å². The van der Waals surface area contributed by atoms with Crippen LogP contribution in [-0.4, -0.2) is 20.0 Å². The van der Waals surface area contributed by atoms with Gasteiger partial charge >= 0.3 is 6.18 Å².